The lowest BCUT2D eigenvalue weighted by molar-refractivity contribution is 0.921. The number of amidine groups is 1. The second-order valence-electron chi connectivity index (χ2n) is 4.03. The van der Waals surface area contributed by atoms with Crippen LogP contribution in [0.2, 0.25) is 0 Å². The van der Waals surface area contributed by atoms with Crippen molar-refractivity contribution in [2.45, 2.75) is 47.6 Å². The summed E-state index contributed by atoms with van der Waals surface area (Å²) in [5, 5.41) is 0. The minimum absolute atomic E-state index is 0.780. The van der Waals surface area contributed by atoms with Gasteiger partial charge < -0.3 is 4.90 Å². The van der Waals surface area contributed by atoms with Crippen LogP contribution in [0.1, 0.15) is 44.0 Å². The summed E-state index contributed by atoms with van der Waals surface area (Å²) in [7, 11) is 2.05. The number of anilines is 1. The molecule has 0 saturated heterocycles. The topological polar surface area (TPSA) is 28.5 Å². The fourth-order valence-corrected chi connectivity index (χ4v) is 2.06. The van der Waals surface area contributed by atoms with Crippen molar-refractivity contribution in [3.8, 4) is 0 Å². The van der Waals surface area contributed by atoms with Crippen molar-refractivity contribution < 1.29 is 0 Å². The molecular formula is C14H23N3. The van der Waals surface area contributed by atoms with E-state index in [1.807, 2.05) is 27.8 Å². The first kappa shape index (κ1) is 13.7. The molecule has 94 valence electrons. The lowest BCUT2D eigenvalue weighted by Gasteiger charge is -2.27. The van der Waals surface area contributed by atoms with E-state index in [1.54, 1.807) is 0 Å². The summed E-state index contributed by atoms with van der Waals surface area (Å²) in [5.41, 5.74) is 3.64. The third-order valence-electron chi connectivity index (χ3n) is 2.89. The molecule has 0 bridgehead atoms. The van der Waals surface area contributed by atoms with Crippen LogP contribution >= 0.6 is 0 Å². The SMILES string of the molecule is CC.CCC1=NCc2c(C)cc(C)nc2N1C. The predicted molar refractivity (Wildman–Crippen MR) is 74.9 cm³/mol. The van der Waals surface area contributed by atoms with Crippen LogP contribution in [-0.2, 0) is 6.54 Å². The summed E-state index contributed by atoms with van der Waals surface area (Å²) < 4.78 is 0. The third-order valence-corrected chi connectivity index (χ3v) is 2.89. The molecule has 0 aromatic carbocycles. The first-order valence-electron chi connectivity index (χ1n) is 6.37. The number of rotatable bonds is 1. The smallest absolute Gasteiger partial charge is 0.139 e. The Balaban J connectivity index is 0.000000686. The van der Waals surface area contributed by atoms with Gasteiger partial charge in [0, 0.05) is 24.7 Å². The van der Waals surface area contributed by atoms with Crippen molar-refractivity contribution in [2.75, 3.05) is 11.9 Å². The van der Waals surface area contributed by atoms with Crippen molar-refractivity contribution in [3.63, 3.8) is 0 Å². The molecule has 0 atom stereocenters. The van der Waals surface area contributed by atoms with E-state index in [2.05, 4.69) is 34.8 Å². The Morgan fingerprint density at radius 1 is 1.29 bits per heavy atom. The van der Waals surface area contributed by atoms with E-state index < -0.39 is 0 Å². The van der Waals surface area contributed by atoms with Crippen LogP contribution in [0, 0.1) is 13.8 Å². The second-order valence-corrected chi connectivity index (χ2v) is 4.03. The van der Waals surface area contributed by atoms with Gasteiger partial charge in [0.25, 0.3) is 0 Å². The number of aryl methyl sites for hydroxylation is 2. The Bertz CT molecular complexity index is 422. The number of hydrogen-bond acceptors (Lipinski definition) is 3. The lowest BCUT2D eigenvalue weighted by Crippen LogP contribution is -2.31. The summed E-state index contributed by atoms with van der Waals surface area (Å²) in [6.07, 6.45) is 0.963. The van der Waals surface area contributed by atoms with Gasteiger partial charge in [-0.05, 0) is 25.5 Å². The van der Waals surface area contributed by atoms with E-state index in [0.717, 1.165) is 30.3 Å². The molecule has 1 aromatic rings. The highest BCUT2D eigenvalue weighted by molar-refractivity contribution is 5.98. The van der Waals surface area contributed by atoms with Gasteiger partial charge in [-0.1, -0.05) is 20.8 Å². The molecule has 0 amide bonds. The van der Waals surface area contributed by atoms with Crippen molar-refractivity contribution in [1.29, 1.82) is 0 Å². The molecule has 1 aromatic heterocycles. The Kier molecular flexibility index (Phi) is 4.67. The molecule has 1 aliphatic heterocycles. The van der Waals surface area contributed by atoms with Gasteiger partial charge in [-0.3, -0.25) is 4.99 Å². The standard InChI is InChI=1S/C12H17N3.C2H6/c1-5-11-13-7-10-8(2)6-9(3)14-12(10)15(11)4;1-2/h6H,5,7H2,1-4H3;1-2H3. The zero-order chi connectivity index (χ0) is 13.0. The van der Waals surface area contributed by atoms with Crippen LogP contribution in [-0.4, -0.2) is 17.9 Å². The molecule has 2 heterocycles. The maximum Gasteiger partial charge on any atom is 0.139 e. The van der Waals surface area contributed by atoms with Gasteiger partial charge in [-0.15, -0.1) is 0 Å². The van der Waals surface area contributed by atoms with Crippen LogP contribution in [0.25, 0.3) is 0 Å². The summed E-state index contributed by atoms with van der Waals surface area (Å²) in [6.45, 7) is 11.1. The number of fused-ring (bicyclic) bond motifs is 1. The van der Waals surface area contributed by atoms with Gasteiger partial charge >= 0.3 is 0 Å². The number of pyridine rings is 1. The third kappa shape index (κ3) is 2.65. The van der Waals surface area contributed by atoms with Gasteiger partial charge in [-0.25, -0.2) is 4.98 Å². The van der Waals surface area contributed by atoms with Gasteiger partial charge in [0.1, 0.15) is 11.7 Å². The lowest BCUT2D eigenvalue weighted by atomic mass is 10.1. The highest BCUT2D eigenvalue weighted by Gasteiger charge is 2.19. The molecule has 0 spiro atoms. The van der Waals surface area contributed by atoms with Crippen LogP contribution in [0.5, 0.6) is 0 Å². The predicted octanol–water partition coefficient (Wildman–Crippen LogP) is 3.48. The van der Waals surface area contributed by atoms with E-state index in [0.29, 0.717) is 0 Å². The van der Waals surface area contributed by atoms with Crippen LogP contribution in [0.3, 0.4) is 0 Å². The van der Waals surface area contributed by atoms with E-state index in [9.17, 15) is 0 Å². The van der Waals surface area contributed by atoms with Gasteiger partial charge in [-0.2, -0.15) is 0 Å². The highest BCUT2D eigenvalue weighted by Crippen LogP contribution is 2.26. The number of nitrogens with zero attached hydrogens (tertiary/aromatic N) is 3. The quantitative estimate of drug-likeness (QED) is 0.743. The van der Waals surface area contributed by atoms with E-state index in [-0.39, 0.29) is 0 Å². The molecule has 0 N–H and O–H groups in total. The minimum Gasteiger partial charge on any atom is -0.318 e. The van der Waals surface area contributed by atoms with E-state index in [1.165, 1.54) is 11.1 Å². The Morgan fingerprint density at radius 3 is 2.53 bits per heavy atom. The second kappa shape index (κ2) is 5.80. The molecule has 0 saturated carbocycles. The molecule has 1 aliphatic rings. The molecular weight excluding hydrogens is 210 g/mol. The summed E-state index contributed by atoms with van der Waals surface area (Å²) in [5.74, 6) is 2.21. The monoisotopic (exact) mass is 233 g/mol. The molecule has 17 heavy (non-hydrogen) atoms. The molecule has 0 fully saturated rings. The Morgan fingerprint density at radius 2 is 1.94 bits per heavy atom. The molecule has 2 rings (SSSR count). The van der Waals surface area contributed by atoms with Gasteiger partial charge in [0.2, 0.25) is 0 Å². The molecule has 3 heteroatoms. The summed E-state index contributed by atoms with van der Waals surface area (Å²) in [6, 6.07) is 2.12. The Hall–Kier alpha value is -1.38. The average molecular weight is 233 g/mol. The zero-order valence-electron chi connectivity index (χ0n) is 11.8. The van der Waals surface area contributed by atoms with Crippen LogP contribution < -0.4 is 4.90 Å². The fourth-order valence-electron chi connectivity index (χ4n) is 2.06. The zero-order valence-corrected chi connectivity index (χ0v) is 11.8. The summed E-state index contributed by atoms with van der Waals surface area (Å²) in [4.78, 5) is 11.3. The van der Waals surface area contributed by atoms with Gasteiger partial charge in [0.15, 0.2) is 0 Å². The highest BCUT2D eigenvalue weighted by atomic mass is 15.2. The minimum atomic E-state index is 0.780. The largest absolute Gasteiger partial charge is 0.318 e. The van der Waals surface area contributed by atoms with E-state index >= 15 is 0 Å². The first-order chi connectivity index (χ1) is 8.13. The van der Waals surface area contributed by atoms with Crippen molar-refractivity contribution >= 4 is 11.7 Å². The van der Waals surface area contributed by atoms with Crippen molar-refractivity contribution in [2.24, 2.45) is 4.99 Å². The molecule has 0 unspecified atom stereocenters. The van der Waals surface area contributed by atoms with Crippen LogP contribution in [0.15, 0.2) is 11.1 Å². The summed E-state index contributed by atoms with van der Waals surface area (Å²) >= 11 is 0. The number of hydrogen-bond donors (Lipinski definition) is 0. The molecule has 0 radical (unpaired) electrons. The molecule has 3 nitrogen and oxygen atoms in total. The number of aliphatic imine (C=N–C) groups is 1. The average Bonchev–Trinajstić information content (AvgIpc) is 2.33. The maximum absolute atomic E-state index is 4.60. The maximum atomic E-state index is 4.60. The fraction of sp³-hybridized carbons (Fsp3) is 0.571. The van der Waals surface area contributed by atoms with Gasteiger partial charge in [0.05, 0.1) is 6.54 Å². The Labute approximate surface area is 105 Å². The van der Waals surface area contributed by atoms with E-state index in [4.69, 9.17) is 0 Å². The normalized spacial score (nSPS) is 13.5. The molecule has 0 aliphatic carbocycles. The number of aromatic nitrogens is 1. The van der Waals surface area contributed by atoms with Crippen molar-refractivity contribution in [1.82, 2.24) is 4.98 Å². The first-order valence-corrected chi connectivity index (χ1v) is 6.37. The van der Waals surface area contributed by atoms with Crippen LogP contribution in [0.4, 0.5) is 5.82 Å². The van der Waals surface area contributed by atoms with Crippen molar-refractivity contribution in [3.05, 3.63) is 22.9 Å².